The molecule has 0 spiro atoms. The molecular formula is C7H13N3O4. The zero-order chi connectivity index (χ0) is 11.5. The summed E-state index contributed by atoms with van der Waals surface area (Å²) in [5.74, 6) is -3.40. The second-order valence-electron chi connectivity index (χ2n) is 2.91. The molecule has 0 aromatic rings. The number of rotatable bonds is 5. The number of hydrogen-bond donors (Lipinski definition) is 4. The second-order valence-corrected chi connectivity index (χ2v) is 2.91. The minimum Gasteiger partial charge on any atom is -0.475 e. The van der Waals surface area contributed by atoms with Crippen LogP contribution < -0.4 is 17.2 Å². The van der Waals surface area contributed by atoms with Gasteiger partial charge in [-0.15, -0.1) is 0 Å². The molecular weight excluding hydrogens is 190 g/mol. The lowest BCUT2D eigenvalue weighted by atomic mass is 9.96. The zero-order valence-electron chi connectivity index (χ0n) is 7.64. The summed E-state index contributed by atoms with van der Waals surface area (Å²) in [5, 5.41) is 8.31. The van der Waals surface area contributed by atoms with Crippen molar-refractivity contribution in [3.05, 3.63) is 0 Å². The van der Waals surface area contributed by atoms with Gasteiger partial charge in [-0.3, -0.25) is 9.59 Å². The van der Waals surface area contributed by atoms with Crippen LogP contribution in [0.25, 0.3) is 0 Å². The van der Waals surface area contributed by atoms with Crippen LogP contribution in [0.1, 0.15) is 6.92 Å². The highest BCUT2D eigenvalue weighted by Gasteiger charge is 2.32. The van der Waals surface area contributed by atoms with Gasteiger partial charge in [-0.25, -0.2) is 4.79 Å². The zero-order valence-corrected chi connectivity index (χ0v) is 7.64. The first kappa shape index (κ1) is 12.7. The number of ketones is 2. The third kappa shape index (κ3) is 2.87. The van der Waals surface area contributed by atoms with Gasteiger partial charge in [0, 0.05) is 6.04 Å². The average molecular weight is 203 g/mol. The van der Waals surface area contributed by atoms with Gasteiger partial charge in [0.25, 0.3) is 5.78 Å². The topological polar surface area (TPSA) is 149 Å². The molecule has 14 heavy (non-hydrogen) atoms. The second kappa shape index (κ2) is 4.80. The van der Waals surface area contributed by atoms with Gasteiger partial charge >= 0.3 is 5.97 Å². The summed E-state index contributed by atoms with van der Waals surface area (Å²) < 4.78 is 0. The van der Waals surface area contributed by atoms with Crippen molar-refractivity contribution in [3.8, 4) is 0 Å². The number of carbonyl (C=O) groups is 3. The number of carbonyl (C=O) groups excluding carboxylic acids is 2. The molecule has 3 atom stereocenters. The Morgan fingerprint density at radius 3 is 1.79 bits per heavy atom. The lowest BCUT2D eigenvalue weighted by Gasteiger charge is -2.21. The highest BCUT2D eigenvalue weighted by atomic mass is 16.4. The van der Waals surface area contributed by atoms with Crippen molar-refractivity contribution in [2.45, 2.75) is 25.0 Å². The van der Waals surface area contributed by atoms with E-state index in [0.29, 0.717) is 0 Å². The van der Waals surface area contributed by atoms with Gasteiger partial charge in [-0.05, 0) is 6.92 Å². The summed E-state index contributed by atoms with van der Waals surface area (Å²) in [6.07, 6.45) is 0. The molecule has 0 amide bonds. The van der Waals surface area contributed by atoms with Crippen molar-refractivity contribution >= 4 is 17.5 Å². The normalized spacial score (nSPS) is 16.9. The molecule has 0 aliphatic carbocycles. The molecule has 3 unspecified atom stereocenters. The molecule has 0 aromatic heterocycles. The molecule has 0 aliphatic heterocycles. The fraction of sp³-hybridized carbons (Fsp3) is 0.571. The number of aliphatic carboxylic acids is 1. The lowest BCUT2D eigenvalue weighted by molar-refractivity contribution is -0.150. The highest BCUT2D eigenvalue weighted by Crippen LogP contribution is 1.96. The van der Waals surface area contributed by atoms with Crippen LogP contribution in [-0.2, 0) is 14.4 Å². The van der Waals surface area contributed by atoms with Gasteiger partial charge < -0.3 is 22.3 Å². The number of hydrogen-bond acceptors (Lipinski definition) is 6. The van der Waals surface area contributed by atoms with E-state index in [1.165, 1.54) is 6.92 Å². The standard InChI is InChI=1S/C7H13N3O4/c1-2(11)3(8)4(9)5(10)6(12)7(13)14/h3-5H,8-10H2,1H3,(H,13,14). The molecule has 7 nitrogen and oxygen atoms in total. The van der Waals surface area contributed by atoms with Crippen LogP contribution in [0.5, 0.6) is 0 Å². The monoisotopic (exact) mass is 203 g/mol. The lowest BCUT2D eigenvalue weighted by Crippen LogP contribution is -2.59. The first-order valence-electron chi connectivity index (χ1n) is 3.83. The molecule has 7 N–H and O–H groups in total. The van der Waals surface area contributed by atoms with Crippen LogP contribution in [0.15, 0.2) is 0 Å². The highest BCUT2D eigenvalue weighted by molar-refractivity contribution is 6.35. The fourth-order valence-electron chi connectivity index (χ4n) is 0.812. The Bertz CT molecular complexity index is 266. The molecule has 0 bridgehead atoms. The summed E-state index contributed by atoms with van der Waals surface area (Å²) in [5.41, 5.74) is 15.9. The maximum absolute atomic E-state index is 10.8. The molecule has 0 fully saturated rings. The van der Waals surface area contributed by atoms with Gasteiger partial charge in [0.1, 0.15) is 5.78 Å². The Morgan fingerprint density at radius 1 is 1.07 bits per heavy atom. The van der Waals surface area contributed by atoms with E-state index in [9.17, 15) is 14.4 Å². The fourth-order valence-corrected chi connectivity index (χ4v) is 0.812. The molecule has 0 aliphatic rings. The van der Waals surface area contributed by atoms with Crippen molar-refractivity contribution in [3.63, 3.8) is 0 Å². The Morgan fingerprint density at radius 2 is 1.50 bits per heavy atom. The molecule has 0 heterocycles. The predicted molar refractivity (Wildman–Crippen MR) is 47.2 cm³/mol. The van der Waals surface area contributed by atoms with E-state index in [0.717, 1.165) is 0 Å². The van der Waals surface area contributed by atoms with E-state index in [4.69, 9.17) is 22.3 Å². The molecule has 0 saturated heterocycles. The Balaban J connectivity index is 4.54. The minimum atomic E-state index is -1.69. The van der Waals surface area contributed by atoms with Crippen LogP contribution in [-0.4, -0.2) is 40.8 Å². The van der Waals surface area contributed by atoms with Crippen LogP contribution in [0.2, 0.25) is 0 Å². The van der Waals surface area contributed by atoms with Crippen LogP contribution in [0.3, 0.4) is 0 Å². The van der Waals surface area contributed by atoms with Crippen molar-refractivity contribution in [2.75, 3.05) is 0 Å². The first-order chi connectivity index (χ1) is 6.29. The van der Waals surface area contributed by atoms with Crippen LogP contribution in [0, 0.1) is 0 Å². The van der Waals surface area contributed by atoms with E-state index in [1.54, 1.807) is 0 Å². The summed E-state index contributed by atoms with van der Waals surface area (Å²) in [6, 6.07) is -3.78. The first-order valence-corrected chi connectivity index (χ1v) is 3.83. The molecule has 7 heteroatoms. The Hall–Kier alpha value is -1.31. The number of carboxylic acid groups (broad SMARTS) is 1. The largest absolute Gasteiger partial charge is 0.475 e. The van der Waals surface area contributed by atoms with E-state index in [-0.39, 0.29) is 0 Å². The molecule has 0 aromatic carbocycles. The summed E-state index contributed by atoms with van der Waals surface area (Å²) in [7, 11) is 0. The van der Waals surface area contributed by atoms with Crippen molar-refractivity contribution in [2.24, 2.45) is 17.2 Å². The Labute approximate surface area is 80.2 Å². The van der Waals surface area contributed by atoms with Crippen LogP contribution >= 0.6 is 0 Å². The van der Waals surface area contributed by atoms with E-state index in [1.807, 2.05) is 0 Å². The van der Waals surface area contributed by atoms with Gasteiger partial charge in [0.05, 0.1) is 12.1 Å². The summed E-state index contributed by atoms with van der Waals surface area (Å²) >= 11 is 0. The SMILES string of the molecule is CC(=O)C(N)C(N)C(N)C(=O)C(=O)O. The molecule has 0 rings (SSSR count). The van der Waals surface area contributed by atoms with Crippen LogP contribution in [0.4, 0.5) is 0 Å². The molecule has 80 valence electrons. The van der Waals surface area contributed by atoms with Gasteiger partial charge in [0.2, 0.25) is 0 Å². The number of nitrogens with two attached hydrogens (primary N) is 3. The van der Waals surface area contributed by atoms with Gasteiger partial charge in [-0.2, -0.15) is 0 Å². The maximum atomic E-state index is 10.8. The summed E-state index contributed by atoms with van der Waals surface area (Å²) in [6.45, 7) is 1.18. The van der Waals surface area contributed by atoms with Crippen molar-refractivity contribution in [1.82, 2.24) is 0 Å². The molecule has 0 radical (unpaired) electrons. The minimum absolute atomic E-state index is 0.453. The quantitative estimate of drug-likeness (QED) is 0.353. The smallest absolute Gasteiger partial charge is 0.373 e. The molecule has 0 saturated carbocycles. The van der Waals surface area contributed by atoms with Crippen molar-refractivity contribution in [1.29, 1.82) is 0 Å². The third-order valence-corrected chi connectivity index (χ3v) is 1.81. The van der Waals surface area contributed by atoms with E-state index < -0.39 is 35.7 Å². The van der Waals surface area contributed by atoms with E-state index >= 15 is 0 Å². The van der Waals surface area contributed by atoms with Gasteiger partial charge in [0.15, 0.2) is 0 Å². The predicted octanol–water partition coefficient (Wildman–Crippen LogP) is -2.79. The maximum Gasteiger partial charge on any atom is 0.373 e. The van der Waals surface area contributed by atoms with Crippen molar-refractivity contribution < 1.29 is 19.5 Å². The third-order valence-electron chi connectivity index (χ3n) is 1.81. The number of carboxylic acids is 1. The number of Topliss-reactive ketones (excluding diaryl/α,β-unsaturated/α-hetero) is 2. The Kier molecular flexibility index (Phi) is 4.35. The van der Waals surface area contributed by atoms with Gasteiger partial charge in [-0.1, -0.05) is 0 Å². The average Bonchev–Trinajstić information content (AvgIpc) is 2.12. The summed E-state index contributed by atoms with van der Waals surface area (Å²) in [4.78, 5) is 31.8. The van der Waals surface area contributed by atoms with E-state index in [2.05, 4.69) is 0 Å².